The second-order valence-corrected chi connectivity index (χ2v) is 9.64. The van der Waals surface area contributed by atoms with Crippen LogP contribution in [-0.2, 0) is 22.9 Å². The second-order valence-electron chi connectivity index (χ2n) is 6.55. The number of rotatable bonds is 4. The van der Waals surface area contributed by atoms with E-state index < -0.39 is 10.0 Å². The maximum Gasteiger partial charge on any atom is 0.244 e. The molecule has 7 heteroatoms. The number of aryl methyl sites for hydroxylation is 2. The zero-order valence-corrected chi connectivity index (χ0v) is 16.5. The van der Waals surface area contributed by atoms with Gasteiger partial charge in [-0.05, 0) is 37.8 Å². The summed E-state index contributed by atoms with van der Waals surface area (Å²) in [7, 11) is -1.93. The molecule has 0 fully saturated rings. The Bertz CT molecular complexity index is 1050. The Morgan fingerprint density at radius 3 is 2.96 bits per heavy atom. The quantitative estimate of drug-likeness (QED) is 0.680. The topological polar surface area (TPSA) is 63.2 Å². The Labute approximate surface area is 157 Å². The van der Waals surface area contributed by atoms with Crippen molar-refractivity contribution in [3.63, 3.8) is 0 Å². The number of nitrogens with zero attached hydrogens (tertiary/aromatic N) is 3. The molecule has 1 aromatic carbocycles. The molecular formula is C19H21N3O2S2. The summed E-state index contributed by atoms with van der Waals surface area (Å²) in [5.74, 6) is 0. The summed E-state index contributed by atoms with van der Waals surface area (Å²) in [6.07, 6.45) is 6.96. The van der Waals surface area contributed by atoms with Crippen LogP contribution in [0.5, 0.6) is 0 Å². The number of sulfonamides is 1. The molecule has 0 bridgehead atoms. The van der Waals surface area contributed by atoms with E-state index in [4.69, 9.17) is 4.98 Å². The summed E-state index contributed by atoms with van der Waals surface area (Å²) < 4.78 is 28.4. The van der Waals surface area contributed by atoms with Gasteiger partial charge in [-0.25, -0.2) is 13.4 Å². The molecule has 0 saturated heterocycles. The Kier molecular flexibility index (Phi) is 4.54. The van der Waals surface area contributed by atoms with Crippen molar-refractivity contribution >= 4 is 32.1 Å². The molecule has 5 nitrogen and oxygen atoms in total. The van der Waals surface area contributed by atoms with Crippen molar-refractivity contribution in [1.82, 2.24) is 14.3 Å². The first-order chi connectivity index (χ1) is 12.5. The van der Waals surface area contributed by atoms with Gasteiger partial charge in [-0.3, -0.25) is 4.98 Å². The fraction of sp³-hybridized carbons (Fsp3) is 0.368. The molecule has 1 aliphatic carbocycles. The van der Waals surface area contributed by atoms with Crippen LogP contribution in [0, 0.1) is 0 Å². The van der Waals surface area contributed by atoms with Crippen LogP contribution in [0.2, 0.25) is 0 Å². The van der Waals surface area contributed by atoms with Gasteiger partial charge in [0.05, 0.1) is 21.6 Å². The fourth-order valence-electron chi connectivity index (χ4n) is 3.59. The lowest BCUT2D eigenvalue weighted by atomic mass is 9.98. The zero-order chi connectivity index (χ0) is 18.3. The highest BCUT2D eigenvalue weighted by atomic mass is 32.2. The van der Waals surface area contributed by atoms with Crippen molar-refractivity contribution in [2.75, 3.05) is 7.05 Å². The van der Waals surface area contributed by atoms with Crippen LogP contribution in [0.1, 0.15) is 41.4 Å². The number of hydrogen-bond donors (Lipinski definition) is 0. The Balaban J connectivity index is 1.78. The van der Waals surface area contributed by atoms with E-state index in [0.29, 0.717) is 10.3 Å². The lowest BCUT2D eigenvalue weighted by molar-refractivity contribution is 0.341. The van der Waals surface area contributed by atoms with Gasteiger partial charge in [0.2, 0.25) is 10.0 Å². The molecule has 0 radical (unpaired) electrons. The van der Waals surface area contributed by atoms with Crippen molar-refractivity contribution in [2.24, 2.45) is 0 Å². The van der Waals surface area contributed by atoms with Gasteiger partial charge in [-0.1, -0.05) is 19.1 Å². The molecule has 1 aliphatic rings. The van der Waals surface area contributed by atoms with Crippen molar-refractivity contribution in [3.05, 3.63) is 52.2 Å². The molecule has 3 aromatic rings. The monoisotopic (exact) mass is 387 g/mol. The van der Waals surface area contributed by atoms with Crippen LogP contribution in [0.3, 0.4) is 0 Å². The van der Waals surface area contributed by atoms with Crippen LogP contribution < -0.4 is 0 Å². The Morgan fingerprint density at radius 2 is 2.15 bits per heavy atom. The van der Waals surface area contributed by atoms with E-state index in [9.17, 15) is 8.42 Å². The van der Waals surface area contributed by atoms with Gasteiger partial charge in [0.25, 0.3) is 0 Å². The molecular weight excluding hydrogens is 366 g/mol. The van der Waals surface area contributed by atoms with E-state index in [2.05, 4.69) is 11.9 Å². The first-order valence-corrected chi connectivity index (χ1v) is 11.1. The van der Waals surface area contributed by atoms with E-state index in [0.717, 1.165) is 46.6 Å². The highest BCUT2D eigenvalue weighted by molar-refractivity contribution is 7.89. The van der Waals surface area contributed by atoms with Gasteiger partial charge >= 0.3 is 0 Å². The largest absolute Gasteiger partial charge is 0.264 e. The molecule has 2 heterocycles. The summed E-state index contributed by atoms with van der Waals surface area (Å²) in [4.78, 5) is 10.2. The SMILES string of the molecule is CCc1nc2c(s1)C(N(C)S(=O)(=O)c1cccc3cnccc13)CCC2. The standard InChI is InChI=1S/C19H21N3O2S2/c1-3-18-21-15-7-5-8-16(19(15)25-18)22(2)26(23,24)17-9-4-6-13-12-20-11-10-14(13)17/h4,6,9-12,16H,3,5,7-8H2,1-2H3. The van der Waals surface area contributed by atoms with E-state index >= 15 is 0 Å². The number of aromatic nitrogens is 2. The summed E-state index contributed by atoms with van der Waals surface area (Å²) in [6.45, 7) is 2.09. The number of pyridine rings is 1. The van der Waals surface area contributed by atoms with Gasteiger partial charge in [0.1, 0.15) is 0 Å². The maximum atomic E-state index is 13.4. The predicted molar refractivity (Wildman–Crippen MR) is 104 cm³/mol. The number of hydrogen-bond acceptors (Lipinski definition) is 5. The van der Waals surface area contributed by atoms with Crippen molar-refractivity contribution < 1.29 is 8.42 Å². The molecule has 4 rings (SSSR count). The van der Waals surface area contributed by atoms with Crippen molar-refractivity contribution in [3.8, 4) is 0 Å². The molecule has 1 unspecified atom stereocenters. The van der Waals surface area contributed by atoms with Crippen LogP contribution in [0.15, 0.2) is 41.6 Å². The zero-order valence-electron chi connectivity index (χ0n) is 14.8. The first-order valence-electron chi connectivity index (χ1n) is 8.81. The third kappa shape index (κ3) is 2.84. The highest BCUT2D eigenvalue weighted by Crippen LogP contribution is 2.40. The maximum absolute atomic E-state index is 13.4. The third-order valence-corrected chi connectivity index (χ3v) is 8.27. The minimum atomic E-state index is -3.62. The van der Waals surface area contributed by atoms with Gasteiger partial charge in [0, 0.05) is 35.1 Å². The van der Waals surface area contributed by atoms with Gasteiger partial charge in [0.15, 0.2) is 0 Å². The van der Waals surface area contributed by atoms with Crippen molar-refractivity contribution in [1.29, 1.82) is 0 Å². The molecule has 0 saturated carbocycles. The van der Waals surface area contributed by atoms with Crippen LogP contribution in [0.4, 0.5) is 0 Å². The number of thiazole rings is 1. The van der Waals surface area contributed by atoms with E-state index in [-0.39, 0.29) is 6.04 Å². The summed E-state index contributed by atoms with van der Waals surface area (Å²) >= 11 is 1.66. The molecule has 2 aromatic heterocycles. The smallest absolute Gasteiger partial charge is 0.244 e. The van der Waals surface area contributed by atoms with Gasteiger partial charge < -0.3 is 0 Å². The van der Waals surface area contributed by atoms with E-state index in [1.165, 1.54) is 4.31 Å². The summed E-state index contributed by atoms with van der Waals surface area (Å²) in [5.41, 5.74) is 1.08. The Morgan fingerprint density at radius 1 is 1.31 bits per heavy atom. The van der Waals surface area contributed by atoms with E-state index in [1.807, 2.05) is 6.07 Å². The van der Waals surface area contributed by atoms with Crippen molar-refractivity contribution in [2.45, 2.75) is 43.5 Å². The molecule has 26 heavy (non-hydrogen) atoms. The minimum Gasteiger partial charge on any atom is -0.264 e. The van der Waals surface area contributed by atoms with Crippen LogP contribution >= 0.6 is 11.3 Å². The van der Waals surface area contributed by atoms with Crippen LogP contribution in [-0.4, -0.2) is 29.7 Å². The molecule has 0 aliphatic heterocycles. The van der Waals surface area contributed by atoms with Gasteiger partial charge in [-0.2, -0.15) is 4.31 Å². The normalized spacial score (nSPS) is 17.6. The van der Waals surface area contributed by atoms with Crippen LogP contribution in [0.25, 0.3) is 10.8 Å². The fourth-order valence-corrected chi connectivity index (χ4v) is 6.45. The first kappa shape index (κ1) is 17.6. The second kappa shape index (κ2) is 6.72. The number of benzene rings is 1. The van der Waals surface area contributed by atoms with E-state index in [1.54, 1.807) is 49.0 Å². The third-order valence-electron chi connectivity index (χ3n) is 5.00. The lowest BCUT2D eigenvalue weighted by Crippen LogP contribution is -2.33. The van der Waals surface area contributed by atoms with Gasteiger partial charge in [-0.15, -0.1) is 11.3 Å². The highest BCUT2D eigenvalue weighted by Gasteiger charge is 2.34. The summed E-state index contributed by atoms with van der Waals surface area (Å²) in [6, 6.07) is 6.97. The Hall–Kier alpha value is -1.83. The minimum absolute atomic E-state index is 0.140. The predicted octanol–water partition coefficient (Wildman–Crippen LogP) is 3.95. The molecule has 0 spiro atoms. The average Bonchev–Trinajstić information content (AvgIpc) is 3.10. The lowest BCUT2D eigenvalue weighted by Gasteiger charge is -2.30. The molecule has 1 atom stereocenters. The molecule has 0 N–H and O–H groups in total. The number of fused-ring (bicyclic) bond motifs is 2. The molecule has 0 amide bonds. The average molecular weight is 388 g/mol. The summed E-state index contributed by atoms with van der Waals surface area (Å²) in [5, 5.41) is 2.63. The molecule has 136 valence electrons.